The molecule has 1 rings (SSSR count). The average Bonchev–Trinajstić information content (AvgIpc) is 2.28. The lowest BCUT2D eigenvalue weighted by Crippen LogP contribution is -2.44. The number of nitrogens with zero attached hydrogens (tertiary/aromatic N) is 1. The van der Waals surface area contributed by atoms with Gasteiger partial charge in [-0.3, -0.25) is 4.79 Å². The van der Waals surface area contributed by atoms with E-state index in [1.165, 1.54) is 25.7 Å². The van der Waals surface area contributed by atoms with E-state index in [0.29, 0.717) is 11.3 Å². The number of carbonyl (C=O) groups excluding carboxylic acids is 1. The quantitative estimate of drug-likeness (QED) is 0.702. The fraction of sp³-hybridized carbons (Fsp3) is 0.923. The van der Waals surface area contributed by atoms with Gasteiger partial charge in [-0.25, -0.2) is 0 Å². The summed E-state index contributed by atoms with van der Waals surface area (Å²) < 4.78 is 0. The Morgan fingerprint density at radius 1 is 1.20 bits per heavy atom. The molecule has 1 amide bonds. The Morgan fingerprint density at radius 3 is 2.00 bits per heavy atom. The van der Waals surface area contributed by atoms with Crippen LogP contribution in [-0.4, -0.2) is 23.9 Å². The van der Waals surface area contributed by atoms with E-state index in [2.05, 4.69) is 13.8 Å². The summed E-state index contributed by atoms with van der Waals surface area (Å²) in [5.74, 6) is 0.483. The Balaban J connectivity index is 2.52. The van der Waals surface area contributed by atoms with Crippen molar-refractivity contribution in [2.24, 2.45) is 11.3 Å². The predicted octanol–water partition coefficient (Wildman–Crippen LogP) is 3.07. The van der Waals surface area contributed by atoms with Crippen LogP contribution < -0.4 is 0 Å². The summed E-state index contributed by atoms with van der Waals surface area (Å²) >= 11 is 0. The molecule has 1 heterocycles. The van der Waals surface area contributed by atoms with Crippen LogP contribution in [0.2, 0.25) is 0 Å². The first kappa shape index (κ1) is 12.5. The van der Waals surface area contributed by atoms with E-state index >= 15 is 0 Å². The molecule has 0 bridgehead atoms. The third kappa shape index (κ3) is 2.73. The highest BCUT2D eigenvalue weighted by Gasteiger charge is 2.33. The van der Waals surface area contributed by atoms with Crippen molar-refractivity contribution in [1.82, 2.24) is 4.90 Å². The highest BCUT2D eigenvalue weighted by Crippen LogP contribution is 2.38. The maximum absolute atomic E-state index is 11.8. The highest BCUT2D eigenvalue weighted by molar-refractivity contribution is 5.78. The number of rotatable bonds is 3. The molecule has 0 atom stereocenters. The van der Waals surface area contributed by atoms with Crippen molar-refractivity contribution in [1.29, 1.82) is 0 Å². The summed E-state index contributed by atoms with van der Waals surface area (Å²) in [6, 6.07) is 0. The second-order valence-electron chi connectivity index (χ2n) is 5.19. The van der Waals surface area contributed by atoms with Crippen LogP contribution in [0.25, 0.3) is 0 Å². The zero-order chi connectivity index (χ0) is 11.5. The molecule has 0 aromatic heterocycles. The van der Waals surface area contributed by atoms with E-state index < -0.39 is 0 Å². The van der Waals surface area contributed by atoms with Crippen molar-refractivity contribution in [3.05, 3.63) is 0 Å². The van der Waals surface area contributed by atoms with Crippen molar-refractivity contribution in [2.45, 2.75) is 53.4 Å². The molecule has 0 spiro atoms. The number of likely N-dealkylation sites (tertiary alicyclic amines) is 1. The van der Waals surface area contributed by atoms with Crippen molar-refractivity contribution in [2.75, 3.05) is 13.1 Å². The first-order valence-electron chi connectivity index (χ1n) is 6.33. The molecule has 0 aromatic carbocycles. The van der Waals surface area contributed by atoms with Crippen molar-refractivity contribution in [3.8, 4) is 0 Å². The molecule has 88 valence electrons. The normalized spacial score (nSPS) is 20.7. The number of piperidine rings is 1. The molecule has 1 aliphatic rings. The summed E-state index contributed by atoms with van der Waals surface area (Å²) in [6.45, 7) is 10.5. The van der Waals surface area contributed by atoms with Gasteiger partial charge in [-0.1, -0.05) is 40.5 Å². The lowest BCUT2D eigenvalue weighted by molar-refractivity contribution is -0.136. The van der Waals surface area contributed by atoms with E-state index in [-0.39, 0.29) is 5.92 Å². The summed E-state index contributed by atoms with van der Waals surface area (Å²) in [5, 5.41) is 0. The van der Waals surface area contributed by atoms with Gasteiger partial charge < -0.3 is 4.90 Å². The molecule has 0 N–H and O–H groups in total. The van der Waals surface area contributed by atoms with Gasteiger partial charge in [0.2, 0.25) is 5.91 Å². The first-order valence-corrected chi connectivity index (χ1v) is 6.33. The van der Waals surface area contributed by atoms with Crippen LogP contribution in [0.1, 0.15) is 53.4 Å². The second-order valence-corrected chi connectivity index (χ2v) is 5.19. The van der Waals surface area contributed by atoms with Gasteiger partial charge in [0.15, 0.2) is 0 Å². The van der Waals surface area contributed by atoms with Crippen molar-refractivity contribution in [3.63, 3.8) is 0 Å². The minimum absolute atomic E-state index is 0.153. The molecule has 0 aromatic rings. The van der Waals surface area contributed by atoms with Gasteiger partial charge in [0.05, 0.1) is 0 Å². The average molecular weight is 211 g/mol. The van der Waals surface area contributed by atoms with Crippen molar-refractivity contribution >= 4 is 5.91 Å². The van der Waals surface area contributed by atoms with Gasteiger partial charge in [0.1, 0.15) is 0 Å². The van der Waals surface area contributed by atoms with Crippen LogP contribution in [0.4, 0.5) is 0 Å². The molecule has 2 heteroatoms. The highest BCUT2D eigenvalue weighted by atomic mass is 16.2. The monoisotopic (exact) mass is 211 g/mol. The van der Waals surface area contributed by atoms with Crippen LogP contribution in [0.5, 0.6) is 0 Å². The first-order chi connectivity index (χ1) is 7.04. The third-order valence-corrected chi connectivity index (χ3v) is 4.13. The van der Waals surface area contributed by atoms with Crippen LogP contribution >= 0.6 is 0 Å². The maximum Gasteiger partial charge on any atom is 0.225 e. The fourth-order valence-corrected chi connectivity index (χ4v) is 2.52. The van der Waals surface area contributed by atoms with Gasteiger partial charge in [-0.15, -0.1) is 0 Å². The van der Waals surface area contributed by atoms with E-state index in [9.17, 15) is 4.79 Å². The molecule has 0 aliphatic carbocycles. The van der Waals surface area contributed by atoms with E-state index in [1.54, 1.807) is 0 Å². The molecule has 2 nitrogen and oxygen atoms in total. The molecular formula is C13H25NO. The zero-order valence-corrected chi connectivity index (χ0v) is 10.7. The van der Waals surface area contributed by atoms with Crippen molar-refractivity contribution < 1.29 is 4.79 Å². The topological polar surface area (TPSA) is 20.3 Å². The Morgan fingerprint density at radius 2 is 1.67 bits per heavy atom. The molecular weight excluding hydrogens is 186 g/mol. The third-order valence-electron chi connectivity index (χ3n) is 4.13. The summed E-state index contributed by atoms with van der Waals surface area (Å²) in [6.07, 6.45) is 4.90. The number of carbonyl (C=O) groups is 1. The summed E-state index contributed by atoms with van der Waals surface area (Å²) in [5.41, 5.74) is 0.522. The predicted molar refractivity (Wildman–Crippen MR) is 63.7 cm³/mol. The number of amides is 1. The lowest BCUT2D eigenvalue weighted by Gasteiger charge is -2.41. The van der Waals surface area contributed by atoms with E-state index in [1.807, 2.05) is 18.7 Å². The SMILES string of the molecule is CCC1(CC)CCN(C(=O)C(C)C)CC1. The summed E-state index contributed by atoms with van der Waals surface area (Å²) in [4.78, 5) is 13.9. The molecule has 1 saturated heterocycles. The summed E-state index contributed by atoms with van der Waals surface area (Å²) in [7, 11) is 0. The lowest BCUT2D eigenvalue weighted by atomic mass is 9.74. The molecule has 0 saturated carbocycles. The Bertz CT molecular complexity index is 209. The van der Waals surface area contributed by atoms with Crippen LogP contribution in [0, 0.1) is 11.3 Å². The molecule has 1 aliphatic heterocycles. The van der Waals surface area contributed by atoms with Crippen LogP contribution in [-0.2, 0) is 4.79 Å². The largest absolute Gasteiger partial charge is 0.342 e. The molecule has 0 unspecified atom stereocenters. The van der Waals surface area contributed by atoms with Gasteiger partial charge in [-0.2, -0.15) is 0 Å². The van der Waals surface area contributed by atoms with Gasteiger partial charge in [0, 0.05) is 19.0 Å². The standard InChI is InChI=1S/C13H25NO/c1-5-13(6-2)7-9-14(10-8-13)12(15)11(3)4/h11H,5-10H2,1-4H3. The Kier molecular flexibility index (Phi) is 4.18. The van der Waals surface area contributed by atoms with Gasteiger partial charge >= 0.3 is 0 Å². The zero-order valence-electron chi connectivity index (χ0n) is 10.7. The smallest absolute Gasteiger partial charge is 0.225 e. The second kappa shape index (κ2) is 5.00. The molecule has 15 heavy (non-hydrogen) atoms. The Hall–Kier alpha value is -0.530. The van der Waals surface area contributed by atoms with E-state index in [0.717, 1.165) is 13.1 Å². The molecule has 1 fully saturated rings. The number of hydrogen-bond donors (Lipinski definition) is 0. The van der Waals surface area contributed by atoms with Gasteiger partial charge in [0.25, 0.3) is 0 Å². The van der Waals surface area contributed by atoms with Gasteiger partial charge in [-0.05, 0) is 18.3 Å². The minimum Gasteiger partial charge on any atom is -0.342 e. The molecule has 0 radical (unpaired) electrons. The van der Waals surface area contributed by atoms with E-state index in [4.69, 9.17) is 0 Å². The maximum atomic E-state index is 11.8. The van der Waals surface area contributed by atoms with Crippen LogP contribution in [0.15, 0.2) is 0 Å². The Labute approximate surface area is 94.0 Å². The minimum atomic E-state index is 0.153. The number of hydrogen-bond acceptors (Lipinski definition) is 1. The fourth-order valence-electron chi connectivity index (χ4n) is 2.52. The van der Waals surface area contributed by atoms with Crippen LogP contribution in [0.3, 0.4) is 0 Å².